The molecule has 0 aliphatic carbocycles. The molecule has 0 spiro atoms. The standard InChI is InChI=1S/C9H8ClN3O/c1-2-6-12-7-5(9(14)13-6)3-4-11-8(7)10/h3-4H,2H2,1H3,(H,12,13,14). The van der Waals surface area contributed by atoms with Gasteiger partial charge in [0.2, 0.25) is 0 Å². The van der Waals surface area contributed by atoms with Crippen LogP contribution in [0.2, 0.25) is 5.15 Å². The zero-order chi connectivity index (χ0) is 10.1. The third-order valence-electron chi connectivity index (χ3n) is 1.96. The Labute approximate surface area is 85.0 Å². The summed E-state index contributed by atoms with van der Waals surface area (Å²) < 4.78 is 0. The van der Waals surface area contributed by atoms with E-state index in [1.807, 2.05) is 6.92 Å². The molecule has 0 aromatic carbocycles. The van der Waals surface area contributed by atoms with Crippen molar-refractivity contribution in [2.45, 2.75) is 13.3 Å². The van der Waals surface area contributed by atoms with Crippen LogP contribution < -0.4 is 5.56 Å². The predicted molar refractivity (Wildman–Crippen MR) is 54.5 cm³/mol. The first kappa shape index (κ1) is 9.15. The molecule has 72 valence electrons. The topological polar surface area (TPSA) is 58.6 Å². The number of nitrogens with one attached hydrogen (secondary N) is 1. The minimum atomic E-state index is -0.170. The number of fused-ring (bicyclic) bond motifs is 1. The molecule has 2 aromatic heterocycles. The van der Waals surface area contributed by atoms with E-state index >= 15 is 0 Å². The number of rotatable bonds is 1. The SMILES string of the molecule is CCc1nc2c(Cl)nccc2c(=O)[nH]1. The molecule has 0 saturated carbocycles. The molecule has 0 aliphatic rings. The molecule has 0 amide bonds. The quantitative estimate of drug-likeness (QED) is 0.725. The summed E-state index contributed by atoms with van der Waals surface area (Å²) in [5.74, 6) is 0.623. The van der Waals surface area contributed by atoms with E-state index in [0.29, 0.717) is 23.1 Å². The molecule has 4 nitrogen and oxygen atoms in total. The maximum atomic E-state index is 11.5. The summed E-state index contributed by atoms with van der Waals surface area (Å²) in [6.45, 7) is 1.91. The van der Waals surface area contributed by atoms with Gasteiger partial charge in [0.1, 0.15) is 11.3 Å². The molecule has 0 saturated heterocycles. The van der Waals surface area contributed by atoms with Crippen LogP contribution in [0, 0.1) is 0 Å². The van der Waals surface area contributed by atoms with Crippen LogP contribution in [0.5, 0.6) is 0 Å². The molecule has 0 radical (unpaired) electrons. The van der Waals surface area contributed by atoms with E-state index in [1.165, 1.54) is 6.20 Å². The normalized spacial score (nSPS) is 10.7. The molecule has 2 rings (SSSR count). The van der Waals surface area contributed by atoms with Gasteiger partial charge < -0.3 is 4.98 Å². The van der Waals surface area contributed by atoms with Gasteiger partial charge in [-0.1, -0.05) is 18.5 Å². The molecular formula is C9H8ClN3O. The third-order valence-corrected chi connectivity index (χ3v) is 2.24. The minimum Gasteiger partial charge on any atom is -0.310 e. The van der Waals surface area contributed by atoms with Gasteiger partial charge in [-0.2, -0.15) is 0 Å². The van der Waals surface area contributed by atoms with Crippen LogP contribution in [0.3, 0.4) is 0 Å². The molecule has 0 unspecified atom stereocenters. The fourth-order valence-corrected chi connectivity index (χ4v) is 1.45. The number of aryl methyl sites for hydroxylation is 1. The van der Waals surface area contributed by atoms with E-state index < -0.39 is 0 Å². The Bertz CT molecular complexity index is 535. The zero-order valence-corrected chi connectivity index (χ0v) is 8.30. The lowest BCUT2D eigenvalue weighted by Crippen LogP contribution is -2.11. The molecule has 0 fully saturated rings. The van der Waals surface area contributed by atoms with Gasteiger partial charge >= 0.3 is 0 Å². The fraction of sp³-hybridized carbons (Fsp3) is 0.222. The third kappa shape index (κ3) is 1.37. The number of halogens is 1. The van der Waals surface area contributed by atoms with Gasteiger partial charge in [-0.05, 0) is 6.07 Å². The van der Waals surface area contributed by atoms with Crippen molar-refractivity contribution in [2.75, 3.05) is 0 Å². The molecule has 2 aromatic rings. The average Bonchev–Trinajstić information content (AvgIpc) is 2.19. The number of hydrogen-bond donors (Lipinski definition) is 1. The summed E-state index contributed by atoms with van der Waals surface area (Å²) in [5.41, 5.74) is 0.297. The molecule has 0 atom stereocenters. The highest BCUT2D eigenvalue weighted by atomic mass is 35.5. The molecular weight excluding hydrogens is 202 g/mol. The number of aromatic amines is 1. The van der Waals surface area contributed by atoms with Crippen LogP contribution in [-0.2, 0) is 6.42 Å². The largest absolute Gasteiger partial charge is 0.310 e. The second kappa shape index (κ2) is 3.38. The summed E-state index contributed by atoms with van der Waals surface area (Å²) >= 11 is 5.83. The van der Waals surface area contributed by atoms with Gasteiger partial charge in [0.05, 0.1) is 5.39 Å². The second-order valence-corrected chi connectivity index (χ2v) is 3.22. The summed E-state index contributed by atoms with van der Waals surface area (Å²) in [6.07, 6.45) is 2.16. The van der Waals surface area contributed by atoms with Crippen LogP contribution in [0.15, 0.2) is 17.1 Å². The lowest BCUT2D eigenvalue weighted by molar-refractivity contribution is 0.942. The van der Waals surface area contributed by atoms with Crippen molar-refractivity contribution in [2.24, 2.45) is 0 Å². The Kier molecular flexibility index (Phi) is 2.21. The van der Waals surface area contributed by atoms with Crippen molar-refractivity contribution in [3.05, 3.63) is 33.6 Å². The van der Waals surface area contributed by atoms with Crippen LogP contribution in [0.25, 0.3) is 10.9 Å². The first-order chi connectivity index (χ1) is 6.72. The maximum Gasteiger partial charge on any atom is 0.258 e. The fourth-order valence-electron chi connectivity index (χ4n) is 1.25. The molecule has 0 aliphatic heterocycles. The summed E-state index contributed by atoms with van der Waals surface area (Å²) in [7, 11) is 0. The van der Waals surface area contributed by atoms with Gasteiger partial charge in [0, 0.05) is 12.6 Å². The first-order valence-electron chi connectivity index (χ1n) is 4.25. The second-order valence-electron chi connectivity index (χ2n) is 2.86. The van der Waals surface area contributed by atoms with E-state index in [1.54, 1.807) is 6.07 Å². The first-order valence-corrected chi connectivity index (χ1v) is 4.63. The van der Waals surface area contributed by atoms with Crippen molar-refractivity contribution in [3.63, 3.8) is 0 Å². The van der Waals surface area contributed by atoms with Crippen LogP contribution in [-0.4, -0.2) is 15.0 Å². The zero-order valence-electron chi connectivity index (χ0n) is 7.54. The van der Waals surface area contributed by atoms with Crippen molar-refractivity contribution in [1.82, 2.24) is 15.0 Å². The highest BCUT2D eigenvalue weighted by molar-refractivity contribution is 6.33. The lowest BCUT2D eigenvalue weighted by Gasteiger charge is -2.00. The van der Waals surface area contributed by atoms with Gasteiger partial charge in [-0.3, -0.25) is 4.79 Å². The Morgan fingerprint density at radius 1 is 1.57 bits per heavy atom. The van der Waals surface area contributed by atoms with E-state index in [4.69, 9.17) is 11.6 Å². The summed E-state index contributed by atoms with van der Waals surface area (Å²) in [5, 5.41) is 0.741. The summed E-state index contributed by atoms with van der Waals surface area (Å²) in [6, 6.07) is 1.60. The number of hydrogen-bond acceptors (Lipinski definition) is 3. The van der Waals surface area contributed by atoms with Crippen molar-refractivity contribution in [1.29, 1.82) is 0 Å². The highest BCUT2D eigenvalue weighted by Crippen LogP contribution is 2.15. The van der Waals surface area contributed by atoms with Crippen molar-refractivity contribution >= 4 is 22.5 Å². The molecule has 0 bridgehead atoms. The Balaban J connectivity index is 2.91. The highest BCUT2D eigenvalue weighted by Gasteiger charge is 2.06. The monoisotopic (exact) mass is 209 g/mol. The van der Waals surface area contributed by atoms with Crippen LogP contribution >= 0.6 is 11.6 Å². The van der Waals surface area contributed by atoms with Crippen LogP contribution in [0.1, 0.15) is 12.7 Å². The minimum absolute atomic E-state index is 0.170. The van der Waals surface area contributed by atoms with E-state index in [9.17, 15) is 4.79 Å². The van der Waals surface area contributed by atoms with Gasteiger partial charge in [-0.25, -0.2) is 9.97 Å². The lowest BCUT2D eigenvalue weighted by atomic mass is 10.3. The van der Waals surface area contributed by atoms with Crippen molar-refractivity contribution in [3.8, 4) is 0 Å². The molecule has 2 heterocycles. The Hall–Kier alpha value is -1.42. The average molecular weight is 210 g/mol. The molecule has 5 heteroatoms. The number of H-pyrrole nitrogens is 1. The van der Waals surface area contributed by atoms with Gasteiger partial charge in [0.25, 0.3) is 5.56 Å². The predicted octanol–water partition coefficient (Wildman–Crippen LogP) is 1.53. The number of aromatic nitrogens is 3. The summed E-state index contributed by atoms with van der Waals surface area (Å²) in [4.78, 5) is 22.3. The van der Waals surface area contributed by atoms with E-state index in [0.717, 1.165) is 0 Å². The smallest absolute Gasteiger partial charge is 0.258 e. The van der Waals surface area contributed by atoms with Crippen molar-refractivity contribution < 1.29 is 0 Å². The van der Waals surface area contributed by atoms with Gasteiger partial charge in [-0.15, -0.1) is 0 Å². The van der Waals surface area contributed by atoms with E-state index in [-0.39, 0.29) is 10.7 Å². The molecule has 1 N–H and O–H groups in total. The Morgan fingerprint density at radius 2 is 2.36 bits per heavy atom. The van der Waals surface area contributed by atoms with Gasteiger partial charge in [0.15, 0.2) is 5.15 Å². The number of nitrogens with zero attached hydrogens (tertiary/aromatic N) is 2. The number of pyridine rings is 1. The van der Waals surface area contributed by atoms with E-state index in [2.05, 4.69) is 15.0 Å². The Morgan fingerprint density at radius 3 is 3.07 bits per heavy atom. The maximum absolute atomic E-state index is 11.5. The molecule has 14 heavy (non-hydrogen) atoms. The van der Waals surface area contributed by atoms with Crippen LogP contribution in [0.4, 0.5) is 0 Å².